The zero-order chi connectivity index (χ0) is 12.9. The predicted molar refractivity (Wildman–Crippen MR) is 74.5 cm³/mol. The summed E-state index contributed by atoms with van der Waals surface area (Å²) < 4.78 is 25.3. The second kappa shape index (κ2) is 7.20. The Hall–Kier alpha value is -1.31. The molecule has 0 bridgehead atoms. The van der Waals surface area contributed by atoms with Gasteiger partial charge in [0.2, 0.25) is 15.9 Å². The third-order valence-corrected chi connectivity index (χ3v) is 3.16. The van der Waals surface area contributed by atoms with Gasteiger partial charge in [0, 0.05) is 19.2 Å². The van der Waals surface area contributed by atoms with Gasteiger partial charge < -0.3 is 11.1 Å². The van der Waals surface area contributed by atoms with Crippen LogP contribution in [-0.2, 0) is 14.8 Å². The standard InChI is InChI=1S/C10H15N3O3S.ClH/c1-8(14)12-9-3-2-4-10(7-9)13-17(15,16)6-5-11;/h2-4,7,13H,5-6,11H2,1H3,(H,12,14);1H. The van der Waals surface area contributed by atoms with E-state index < -0.39 is 10.0 Å². The van der Waals surface area contributed by atoms with Crippen LogP contribution in [0, 0.1) is 0 Å². The molecule has 1 rings (SSSR count). The Morgan fingerprint density at radius 2 is 1.94 bits per heavy atom. The molecule has 0 spiro atoms. The molecule has 4 N–H and O–H groups in total. The molecule has 0 saturated heterocycles. The molecule has 102 valence electrons. The van der Waals surface area contributed by atoms with E-state index in [1.54, 1.807) is 18.2 Å². The van der Waals surface area contributed by atoms with Gasteiger partial charge in [0.25, 0.3) is 0 Å². The molecular formula is C10H16ClN3O3S. The van der Waals surface area contributed by atoms with Crippen LogP contribution in [0.1, 0.15) is 6.92 Å². The molecule has 0 radical (unpaired) electrons. The number of hydrogen-bond acceptors (Lipinski definition) is 4. The van der Waals surface area contributed by atoms with Crippen molar-refractivity contribution in [2.75, 3.05) is 22.3 Å². The van der Waals surface area contributed by atoms with Crippen LogP contribution in [0.25, 0.3) is 0 Å². The molecule has 0 fully saturated rings. The molecule has 1 aromatic rings. The van der Waals surface area contributed by atoms with E-state index in [1.807, 2.05) is 0 Å². The number of amides is 1. The topological polar surface area (TPSA) is 101 Å². The van der Waals surface area contributed by atoms with E-state index in [9.17, 15) is 13.2 Å². The summed E-state index contributed by atoms with van der Waals surface area (Å²) in [6.07, 6.45) is 0. The van der Waals surface area contributed by atoms with E-state index in [1.165, 1.54) is 13.0 Å². The van der Waals surface area contributed by atoms with Gasteiger partial charge in [-0.3, -0.25) is 9.52 Å². The van der Waals surface area contributed by atoms with Crippen LogP contribution < -0.4 is 15.8 Å². The van der Waals surface area contributed by atoms with Crippen molar-refractivity contribution in [3.05, 3.63) is 24.3 Å². The van der Waals surface area contributed by atoms with Crippen molar-refractivity contribution in [2.24, 2.45) is 5.73 Å². The minimum absolute atomic E-state index is 0. The van der Waals surface area contributed by atoms with Crippen LogP contribution in [-0.4, -0.2) is 26.6 Å². The highest BCUT2D eigenvalue weighted by Gasteiger charge is 2.09. The molecular weight excluding hydrogens is 278 g/mol. The number of rotatable bonds is 5. The predicted octanol–water partition coefficient (Wildman–Crippen LogP) is 0.767. The van der Waals surface area contributed by atoms with E-state index in [4.69, 9.17) is 5.73 Å². The quantitative estimate of drug-likeness (QED) is 0.746. The number of nitrogens with two attached hydrogens (primary N) is 1. The lowest BCUT2D eigenvalue weighted by atomic mass is 10.3. The minimum atomic E-state index is -3.42. The summed E-state index contributed by atoms with van der Waals surface area (Å²) in [5.74, 6) is -0.357. The highest BCUT2D eigenvalue weighted by Crippen LogP contribution is 2.16. The van der Waals surface area contributed by atoms with Crippen molar-refractivity contribution in [1.29, 1.82) is 0 Å². The van der Waals surface area contributed by atoms with Crippen molar-refractivity contribution in [1.82, 2.24) is 0 Å². The monoisotopic (exact) mass is 293 g/mol. The van der Waals surface area contributed by atoms with Crippen LogP contribution in [0.5, 0.6) is 0 Å². The Balaban J connectivity index is 0.00000289. The lowest BCUT2D eigenvalue weighted by Gasteiger charge is -2.08. The Labute approximate surface area is 112 Å². The van der Waals surface area contributed by atoms with Crippen LogP contribution in [0.3, 0.4) is 0 Å². The van der Waals surface area contributed by atoms with Gasteiger partial charge in [-0.25, -0.2) is 8.42 Å². The summed E-state index contributed by atoms with van der Waals surface area (Å²) in [5, 5.41) is 2.56. The van der Waals surface area contributed by atoms with E-state index >= 15 is 0 Å². The van der Waals surface area contributed by atoms with Crippen LogP contribution in [0.2, 0.25) is 0 Å². The van der Waals surface area contributed by atoms with Crippen LogP contribution in [0.15, 0.2) is 24.3 Å². The van der Waals surface area contributed by atoms with Crippen molar-refractivity contribution in [2.45, 2.75) is 6.92 Å². The van der Waals surface area contributed by atoms with Gasteiger partial charge in [-0.2, -0.15) is 0 Å². The minimum Gasteiger partial charge on any atom is -0.329 e. The van der Waals surface area contributed by atoms with Gasteiger partial charge >= 0.3 is 0 Å². The third-order valence-electron chi connectivity index (χ3n) is 1.84. The first-order chi connectivity index (χ1) is 7.93. The van der Waals surface area contributed by atoms with Crippen molar-refractivity contribution < 1.29 is 13.2 Å². The molecule has 0 unspecified atom stereocenters. The number of benzene rings is 1. The number of carbonyl (C=O) groups is 1. The fourth-order valence-electron chi connectivity index (χ4n) is 1.25. The first kappa shape index (κ1) is 16.7. The maximum absolute atomic E-state index is 11.5. The average molecular weight is 294 g/mol. The maximum Gasteiger partial charge on any atom is 0.233 e. The Morgan fingerprint density at radius 3 is 2.50 bits per heavy atom. The fourth-order valence-corrected chi connectivity index (χ4v) is 2.15. The summed E-state index contributed by atoms with van der Waals surface area (Å²) >= 11 is 0. The average Bonchev–Trinajstić information content (AvgIpc) is 2.15. The number of hydrogen-bond donors (Lipinski definition) is 3. The number of carbonyl (C=O) groups excluding carboxylic acids is 1. The van der Waals surface area contributed by atoms with E-state index in [0.29, 0.717) is 11.4 Å². The molecule has 18 heavy (non-hydrogen) atoms. The molecule has 0 aliphatic carbocycles. The zero-order valence-corrected chi connectivity index (χ0v) is 11.5. The number of halogens is 1. The molecule has 0 saturated carbocycles. The normalized spacial score (nSPS) is 10.3. The van der Waals surface area contributed by atoms with Gasteiger partial charge in [0.15, 0.2) is 0 Å². The summed E-state index contributed by atoms with van der Waals surface area (Å²) in [7, 11) is -3.42. The zero-order valence-electron chi connectivity index (χ0n) is 9.84. The fraction of sp³-hybridized carbons (Fsp3) is 0.300. The smallest absolute Gasteiger partial charge is 0.233 e. The number of anilines is 2. The molecule has 1 aromatic carbocycles. The number of nitrogens with one attached hydrogen (secondary N) is 2. The molecule has 0 aromatic heterocycles. The van der Waals surface area contributed by atoms with Crippen LogP contribution >= 0.6 is 12.4 Å². The highest BCUT2D eigenvalue weighted by molar-refractivity contribution is 7.92. The van der Waals surface area contributed by atoms with Gasteiger partial charge in [-0.1, -0.05) is 6.07 Å². The molecule has 0 heterocycles. The SMILES string of the molecule is CC(=O)Nc1cccc(NS(=O)(=O)CCN)c1.Cl. The first-order valence-electron chi connectivity index (χ1n) is 5.01. The maximum atomic E-state index is 11.5. The van der Waals surface area contributed by atoms with Crippen molar-refractivity contribution in [3.8, 4) is 0 Å². The Morgan fingerprint density at radius 1 is 1.33 bits per heavy atom. The van der Waals surface area contributed by atoms with Crippen molar-refractivity contribution >= 4 is 39.7 Å². The third kappa shape index (κ3) is 5.85. The lowest BCUT2D eigenvalue weighted by molar-refractivity contribution is -0.114. The largest absolute Gasteiger partial charge is 0.329 e. The Kier molecular flexibility index (Phi) is 6.67. The lowest BCUT2D eigenvalue weighted by Crippen LogP contribution is -2.22. The first-order valence-corrected chi connectivity index (χ1v) is 6.66. The molecule has 0 aliphatic rings. The van der Waals surface area contributed by atoms with Crippen molar-refractivity contribution in [3.63, 3.8) is 0 Å². The van der Waals surface area contributed by atoms with E-state index in [2.05, 4.69) is 10.0 Å². The van der Waals surface area contributed by atoms with Gasteiger partial charge in [0.05, 0.1) is 11.4 Å². The molecule has 1 amide bonds. The van der Waals surface area contributed by atoms with E-state index in [0.717, 1.165) is 0 Å². The molecule has 0 atom stereocenters. The molecule has 6 nitrogen and oxygen atoms in total. The van der Waals surface area contributed by atoms with Gasteiger partial charge in [0.1, 0.15) is 0 Å². The second-order valence-electron chi connectivity index (χ2n) is 3.47. The van der Waals surface area contributed by atoms with Gasteiger partial charge in [-0.15, -0.1) is 12.4 Å². The summed E-state index contributed by atoms with van der Waals surface area (Å²) in [6, 6.07) is 6.45. The summed E-state index contributed by atoms with van der Waals surface area (Å²) in [5.41, 5.74) is 6.11. The Bertz CT molecular complexity index is 505. The summed E-state index contributed by atoms with van der Waals surface area (Å²) in [4.78, 5) is 10.8. The second-order valence-corrected chi connectivity index (χ2v) is 5.31. The summed E-state index contributed by atoms with van der Waals surface area (Å²) in [6.45, 7) is 1.44. The molecule has 0 aliphatic heterocycles. The van der Waals surface area contributed by atoms with Crippen LogP contribution in [0.4, 0.5) is 11.4 Å². The number of sulfonamides is 1. The molecule has 8 heteroatoms. The highest BCUT2D eigenvalue weighted by atomic mass is 35.5. The van der Waals surface area contributed by atoms with Gasteiger partial charge in [-0.05, 0) is 18.2 Å². The van der Waals surface area contributed by atoms with E-state index in [-0.39, 0.29) is 30.6 Å².